The molecule has 0 aromatic carbocycles. The van der Waals surface area contributed by atoms with Crippen LogP contribution in [0.4, 0.5) is 5.82 Å². The third-order valence-corrected chi connectivity index (χ3v) is 2.41. The first-order valence-electron chi connectivity index (χ1n) is 5.42. The summed E-state index contributed by atoms with van der Waals surface area (Å²) in [6.07, 6.45) is 1.64. The van der Waals surface area contributed by atoms with E-state index in [-0.39, 0.29) is 5.56 Å². The summed E-state index contributed by atoms with van der Waals surface area (Å²) in [5, 5.41) is 11.9. The largest absolute Gasteiger partial charge is 0.478 e. The van der Waals surface area contributed by atoms with E-state index in [0.717, 1.165) is 5.76 Å². The maximum atomic E-state index is 10.8. The molecule has 2 N–H and O–H groups in total. The number of carboxylic acids is 1. The van der Waals surface area contributed by atoms with E-state index >= 15 is 0 Å². The van der Waals surface area contributed by atoms with Crippen molar-refractivity contribution in [3.05, 3.63) is 41.2 Å². The molecule has 0 saturated heterocycles. The van der Waals surface area contributed by atoms with E-state index in [2.05, 4.69) is 15.3 Å². The van der Waals surface area contributed by atoms with E-state index in [0.29, 0.717) is 23.9 Å². The Morgan fingerprint density at radius 2 is 2.22 bits per heavy atom. The maximum absolute atomic E-state index is 10.8. The van der Waals surface area contributed by atoms with Crippen LogP contribution in [-0.2, 0) is 6.54 Å². The van der Waals surface area contributed by atoms with Gasteiger partial charge in [-0.2, -0.15) is 0 Å². The van der Waals surface area contributed by atoms with Crippen molar-refractivity contribution in [2.75, 3.05) is 5.32 Å². The SMILES string of the molecule is Cc1cnc(CNc2ccc(C(=O)O)c(C)n2)o1. The van der Waals surface area contributed by atoms with Crippen molar-refractivity contribution in [2.24, 2.45) is 0 Å². The minimum atomic E-state index is -0.977. The number of nitrogens with zero attached hydrogens (tertiary/aromatic N) is 2. The molecule has 0 aliphatic heterocycles. The molecule has 0 aliphatic carbocycles. The Balaban J connectivity index is 2.06. The summed E-state index contributed by atoms with van der Waals surface area (Å²) in [5.41, 5.74) is 0.670. The van der Waals surface area contributed by atoms with Gasteiger partial charge in [-0.3, -0.25) is 0 Å². The molecule has 6 nitrogen and oxygen atoms in total. The van der Waals surface area contributed by atoms with Crippen LogP contribution >= 0.6 is 0 Å². The number of aromatic carboxylic acids is 1. The Labute approximate surface area is 104 Å². The monoisotopic (exact) mass is 247 g/mol. The van der Waals surface area contributed by atoms with Gasteiger partial charge in [-0.25, -0.2) is 14.8 Å². The molecule has 2 rings (SSSR count). The van der Waals surface area contributed by atoms with Crippen molar-refractivity contribution in [3.8, 4) is 0 Å². The fourth-order valence-electron chi connectivity index (χ4n) is 1.53. The maximum Gasteiger partial charge on any atom is 0.337 e. The number of carbonyl (C=O) groups is 1. The van der Waals surface area contributed by atoms with Crippen molar-refractivity contribution in [3.63, 3.8) is 0 Å². The van der Waals surface area contributed by atoms with Gasteiger partial charge in [0.25, 0.3) is 0 Å². The summed E-state index contributed by atoms with van der Waals surface area (Å²) in [6, 6.07) is 3.14. The summed E-state index contributed by atoms with van der Waals surface area (Å²) in [7, 11) is 0. The topological polar surface area (TPSA) is 88.2 Å². The molecule has 0 saturated carbocycles. The zero-order valence-corrected chi connectivity index (χ0v) is 10.1. The number of oxazole rings is 1. The number of pyridine rings is 1. The lowest BCUT2D eigenvalue weighted by Gasteiger charge is -2.05. The number of aryl methyl sites for hydroxylation is 2. The Kier molecular flexibility index (Phi) is 3.27. The van der Waals surface area contributed by atoms with Crippen molar-refractivity contribution >= 4 is 11.8 Å². The lowest BCUT2D eigenvalue weighted by atomic mass is 10.2. The molecule has 18 heavy (non-hydrogen) atoms. The quantitative estimate of drug-likeness (QED) is 0.859. The van der Waals surface area contributed by atoms with E-state index in [9.17, 15) is 4.79 Å². The standard InChI is InChI=1S/C12H13N3O3/c1-7-5-14-11(18-7)6-13-10-4-3-9(12(16)17)8(2)15-10/h3-5H,6H2,1-2H3,(H,13,15)(H,16,17). The van der Waals surface area contributed by atoms with Crippen molar-refractivity contribution in [1.82, 2.24) is 9.97 Å². The van der Waals surface area contributed by atoms with E-state index in [1.54, 1.807) is 19.2 Å². The third kappa shape index (κ3) is 2.65. The second kappa shape index (κ2) is 4.87. The van der Waals surface area contributed by atoms with Gasteiger partial charge in [0.1, 0.15) is 11.6 Å². The summed E-state index contributed by atoms with van der Waals surface area (Å²) >= 11 is 0. The van der Waals surface area contributed by atoms with Crippen LogP contribution in [0.15, 0.2) is 22.7 Å². The second-order valence-electron chi connectivity index (χ2n) is 3.85. The highest BCUT2D eigenvalue weighted by atomic mass is 16.4. The Hall–Kier alpha value is -2.37. The minimum Gasteiger partial charge on any atom is -0.478 e. The van der Waals surface area contributed by atoms with Gasteiger partial charge in [-0.05, 0) is 26.0 Å². The highest BCUT2D eigenvalue weighted by Gasteiger charge is 2.08. The predicted molar refractivity (Wildman–Crippen MR) is 64.5 cm³/mol. The zero-order chi connectivity index (χ0) is 13.1. The number of carboxylic acid groups (broad SMARTS) is 1. The molecular formula is C12H13N3O3. The average Bonchev–Trinajstić information content (AvgIpc) is 2.72. The van der Waals surface area contributed by atoms with Crippen LogP contribution in [0.5, 0.6) is 0 Å². The molecule has 0 fully saturated rings. The summed E-state index contributed by atoms with van der Waals surface area (Å²) in [6.45, 7) is 3.89. The predicted octanol–water partition coefficient (Wildman–Crippen LogP) is 2.00. The van der Waals surface area contributed by atoms with Crippen LogP contribution in [-0.4, -0.2) is 21.0 Å². The van der Waals surface area contributed by atoms with Gasteiger partial charge in [-0.15, -0.1) is 0 Å². The van der Waals surface area contributed by atoms with E-state index in [4.69, 9.17) is 9.52 Å². The van der Waals surface area contributed by atoms with Crippen molar-refractivity contribution in [2.45, 2.75) is 20.4 Å². The summed E-state index contributed by atoms with van der Waals surface area (Å²) < 4.78 is 5.30. The lowest BCUT2D eigenvalue weighted by molar-refractivity contribution is 0.0695. The van der Waals surface area contributed by atoms with Crippen LogP contribution < -0.4 is 5.32 Å². The van der Waals surface area contributed by atoms with Crippen LogP contribution in [0.3, 0.4) is 0 Å². The summed E-state index contributed by atoms with van der Waals surface area (Å²) in [4.78, 5) is 19.0. The molecule has 2 heterocycles. The average molecular weight is 247 g/mol. The molecule has 0 amide bonds. The number of hydrogen-bond donors (Lipinski definition) is 2. The van der Waals surface area contributed by atoms with E-state index < -0.39 is 5.97 Å². The fraction of sp³-hybridized carbons (Fsp3) is 0.250. The van der Waals surface area contributed by atoms with E-state index in [1.807, 2.05) is 6.92 Å². The smallest absolute Gasteiger partial charge is 0.337 e. The van der Waals surface area contributed by atoms with Gasteiger partial charge >= 0.3 is 5.97 Å². The first kappa shape index (κ1) is 12.1. The van der Waals surface area contributed by atoms with E-state index in [1.165, 1.54) is 6.07 Å². The van der Waals surface area contributed by atoms with Gasteiger partial charge in [0.15, 0.2) is 0 Å². The molecule has 2 aromatic heterocycles. The number of aromatic nitrogens is 2. The van der Waals surface area contributed by atoms with Crippen molar-refractivity contribution < 1.29 is 14.3 Å². The molecule has 0 unspecified atom stereocenters. The number of rotatable bonds is 4. The molecule has 0 atom stereocenters. The number of hydrogen-bond acceptors (Lipinski definition) is 5. The number of anilines is 1. The number of nitrogens with one attached hydrogen (secondary N) is 1. The lowest BCUT2D eigenvalue weighted by Crippen LogP contribution is -2.06. The van der Waals surface area contributed by atoms with Gasteiger partial charge in [0.05, 0.1) is 24.0 Å². The first-order valence-corrected chi connectivity index (χ1v) is 5.42. The zero-order valence-electron chi connectivity index (χ0n) is 10.1. The van der Waals surface area contributed by atoms with Gasteiger partial charge in [-0.1, -0.05) is 0 Å². The molecule has 0 aliphatic rings. The second-order valence-corrected chi connectivity index (χ2v) is 3.85. The molecule has 0 bridgehead atoms. The molecule has 94 valence electrons. The van der Waals surface area contributed by atoms with Gasteiger partial charge in [0.2, 0.25) is 5.89 Å². The normalized spacial score (nSPS) is 10.3. The van der Waals surface area contributed by atoms with Crippen LogP contribution in [0.2, 0.25) is 0 Å². The minimum absolute atomic E-state index is 0.201. The highest BCUT2D eigenvalue weighted by Crippen LogP contribution is 2.12. The van der Waals surface area contributed by atoms with Gasteiger partial charge in [0, 0.05) is 0 Å². The van der Waals surface area contributed by atoms with Crippen molar-refractivity contribution in [1.29, 1.82) is 0 Å². The summed E-state index contributed by atoms with van der Waals surface area (Å²) in [5.74, 6) is 0.926. The molecule has 2 aromatic rings. The van der Waals surface area contributed by atoms with Crippen LogP contribution in [0.1, 0.15) is 27.7 Å². The Morgan fingerprint density at radius 1 is 1.44 bits per heavy atom. The Bertz CT molecular complexity index is 578. The molecular weight excluding hydrogens is 234 g/mol. The fourth-order valence-corrected chi connectivity index (χ4v) is 1.53. The highest BCUT2D eigenvalue weighted by molar-refractivity contribution is 5.89. The molecule has 6 heteroatoms. The Morgan fingerprint density at radius 3 is 2.78 bits per heavy atom. The first-order chi connectivity index (χ1) is 8.56. The van der Waals surface area contributed by atoms with Crippen LogP contribution in [0.25, 0.3) is 0 Å². The third-order valence-electron chi connectivity index (χ3n) is 2.41. The molecule has 0 radical (unpaired) electrons. The van der Waals surface area contributed by atoms with Gasteiger partial charge < -0.3 is 14.8 Å². The van der Waals surface area contributed by atoms with Crippen LogP contribution in [0, 0.1) is 13.8 Å². The molecule has 0 spiro atoms.